The molecule has 1 amide bonds. The van der Waals surface area contributed by atoms with Gasteiger partial charge in [-0.25, -0.2) is 8.42 Å². The largest absolute Gasteiger partial charge is 0.487 e. The van der Waals surface area contributed by atoms with E-state index in [4.69, 9.17) is 4.74 Å². The number of ether oxygens (including phenoxy) is 1. The molecule has 1 N–H and O–H groups in total. The number of nitrogens with zero attached hydrogens (tertiary/aromatic N) is 2. The fraction of sp³-hybridized carbons (Fsp3) is 0.500. The lowest BCUT2D eigenvalue weighted by Crippen LogP contribution is -2.50. The Morgan fingerprint density at radius 2 is 1.94 bits per heavy atom. The summed E-state index contributed by atoms with van der Waals surface area (Å²) in [5, 5.41) is 9.80. The number of fused-ring (bicyclic) bond motifs is 1. The lowest BCUT2D eigenvalue weighted by molar-refractivity contribution is -0.132. The minimum Gasteiger partial charge on any atom is -0.487 e. The van der Waals surface area contributed by atoms with E-state index in [0.717, 1.165) is 29.5 Å². The van der Waals surface area contributed by atoms with Gasteiger partial charge in [-0.1, -0.05) is 37.3 Å². The summed E-state index contributed by atoms with van der Waals surface area (Å²) in [6.45, 7) is 5.92. The Balaban J connectivity index is 1.78. The van der Waals surface area contributed by atoms with Crippen molar-refractivity contribution in [2.75, 3.05) is 26.7 Å². The van der Waals surface area contributed by atoms with E-state index in [2.05, 4.69) is 0 Å². The number of aliphatic hydroxyl groups is 1. The molecule has 8 heteroatoms. The highest BCUT2D eigenvalue weighted by atomic mass is 32.2. The van der Waals surface area contributed by atoms with Gasteiger partial charge in [0.25, 0.3) is 0 Å². The van der Waals surface area contributed by atoms with Crippen LogP contribution in [0, 0.1) is 18.8 Å². The summed E-state index contributed by atoms with van der Waals surface area (Å²) in [6, 6.07) is 12.5. The number of aryl methyl sites for hydroxylation is 1. The zero-order chi connectivity index (χ0) is 24.6. The minimum absolute atomic E-state index is 0.0817. The number of rotatable bonds is 6. The van der Waals surface area contributed by atoms with Crippen LogP contribution < -0.4 is 4.74 Å². The van der Waals surface area contributed by atoms with Gasteiger partial charge in [0.1, 0.15) is 16.7 Å². The number of amides is 1. The number of aliphatic hydroxyl groups excluding tert-OH is 1. The molecule has 1 aliphatic carbocycles. The van der Waals surface area contributed by atoms with Crippen molar-refractivity contribution in [2.24, 2.45) is 11.8 Å². The number of benzene rings is 2. The summed E-state index contributed by atoms with van der Waals surface area (Å²) in [7, 11) is -2.12. The molecule has 2 aliphatic rings. The molecule has 1 heterocycles. The second-order valence-corrected chi connectivity index (χ2v) is 11.6. The molecule has 0 unspecified atom stereocenters. The van der Waals surface area contributed by atoms with Crippen LogP contribution in [0.15, 0.2) is 47.4 Å². The van der Waals surface area contributed by atoms with Crippen molar-refractivity contribution < 1.29 is 23.1 Å². The number of likely N-dealkylation sites (N-methyl/N-ethyl adjacent to an activating group) is 1. The standard InChI is InChI=1S/C26H34N2O5S/c1-17-7-5-6-8-22(17)21-11-12-25-23(13-21)33-24(15-27(4)26(30)20-9-10-20)18(2)14-28(19(3)16-29)34(25,31)32/h5-8,11-13,18-20,24,29H,9-10,14-16H2,1-4H3/t18-,19+,24+/m0/s1. The van der Waals surface area contributed by atoms with Crippen LogP contribution in [0.25, 0.3) is 11.1 Å². The molecule has 2 aromatic carbocycles. The van der Waals surface area contributed by atoms with Crippen LogP contribution in [0.4, 0.5) is 0 Å². The van der Waals surface area contributed by atoms with Crippen LogP contribution in [0.5, 0.6) is 5.75 Å². The van der Waals surface area contributed by atoms with Gasteiger partial charge in [-0.2, -0.15) is 4.31 Å². The summed E-state index contributed by atoms with van der Waals surface area (Å²) < 4.78 is 35.1. The second kappa shape index (κ2) is 9.68. The highest BCUT2D eigenvalue weighted by Gasteiger charge is 2.39. The number of hydrogen-bond donors (Lipinski definition) is 1. The average molecular weight is 487 g/mol. The summed E-state index contributed by atoms with van der Waals surface area (Å²) in [4.78, 5) is 14.4. The molecular formula is C26H34N2O5S. The molecule has 0 aromatic heterocycles. The van der Waals surface area contributed by atoms with Crippen LogP contribution in [0.1, 0.15) is 32.3 Å². The van der Waals surface area contributed by atoms with Gasteiger partial charge in [0, 0.05) is 31.5 Å². The molecule has 1 fully saturated rings. The molecule has 34 heavy (non-hydrogen) atoms. The van der Waals surface area contributed by atoms with Gasteiger partial charge in [0.15, 0.2) is 0 Å². The molecule has 0 radical (unpaired) electrons. The van der Waals surface area contributed by atoms with Crippen LogP contribution in [0.2, 0.25) is 0 Å². The monoisotopic (exact) mass is 486 g/mol. The molecule has 0 spiro atoms. The fourth-order valence-corrected chi connectivity index (χ4v) is 6.34. The van der Waals surface area contributed by atoms with Crippen molar-refractivity contribution in [2.45, 2.75) is 50.7 Å². The average Bonchev–Trinajstić information content (AvgIpc) is 3.66. The maximum absolute atomic E-state index is 13.6. The van der Waals surface area contributed by atoms with Crippen LogP contribution in [-0.4, -0.2) is 67.5 Å². The maximum Gasteiger partial charge on any atom is 0.247 e. The maximum atomic E-state index is 13.6. The fourth-order valence-electron chi connectivity index (χ4n) is 4.51. The zero-order valence-corrected chi connectivity index (χ0v) is 21.1. The van der Waals surface area contributed by atoms with E-state index in [-0.39, 0.29) is 41.5 Å². The summed E-state index contributed by atoms with van der Waals surface area (Å²) in [6.07, 6.45) is 1.45. The molecule has 7 nitrogen and oxygen atoms in total. The van der Waals surface area contributed by atoms with Gasteiger partial charge >= 0.3 is 0 Å². The molecule has 184 valence electrons. The van der Waals surface area contributed by atoms with E-state index in [0.29, 0.717) is 6.54 Å². The first kappa shape index (κ1) is 24.7. The Bertz CT molecular complexity index is 1160. The van der Waals surface area contributed by atoms with Crippen molar-refractivity contribution >= 4 is 15.9 Å². The Hall–Kier alpha value is -2.42. The lowest BCUT2D eigenvalue weighted by atomic mass is 10.00. The SMILES string of the molecule is Cc1ccccc1-c1ccc2c(c1)O[C@H](CN(C)C(=O)C1CC1)[C@@H](C)CN([C@H](C)CO)S2(=O)=O. The molecule has 1 aliphatic heterocycles. The number of carbonyl (C=O) groups excluding carboxylic acids is 1. The van der Waals surface area contributed by atoms with E-state index in [1.807, 2.05) is 38.1 Å². The lowest BCUT2D eigenvalue weighted by Gasteiger charge is -2.37. The van der Waals surface area contributed by atoms with Gasteiger partial charge < -0.3 is 14.7 Å². The minimum atomic E-state index is -3.90. The third kappa shape index (κ3) is 4.85. The van der Waals surface area contributed by atoms with Gasteiger partial charge in [-0.3, -0.25) is 4.79 Å². The van der Waals surface area contributed by atoms with Gasteiger partial charge in [0.05, 0.1) is 13.2 Å². The van der Waals surface area contributed by atoms with Crippen molar-refractivity contribution in [1.82, 2.24) is 9.21 Å². The molecule has 1 saturated carbocycles. The molecule has 0 bridgehead atoms. The molecule has 0 saturated heterocycles. The van der Waals surface area contributed by atoms with Crippen LogP contribution in [0.3, 0.4) is 0 Å². The van der Waals surface area contributed by atoms with Crippen molar-refractivity contribution in [3.63, 3.8) is 0 Å². The predicted molar refractivity (Wildman–Crippen MR) is 131 cm³/mol. The first-order valence-corrected chi connectivity index (χ1v) is 13.3. The van der Waals surface area contributed by atoms with E-state index in [9.17, 15) is 18.3 Å². The second-order valence-electron chi connectivity index (χ2n) is 9.71. The normalized spacial score (nSPS) is 23.2. The van der Waals surface area contributed by atoms with Crippen molar-refractivity contribution in [1.29, 1.82) is 0 Å². The molecule has 2 aromatic rings. The number of sulfonamides is 1. The Kier molecular flexibility index (Phi) is 7.03. The smallest absolute Gasteiger partial charge is 0.247 e. The van der Waals surface area contributed by atoms with Gasteiger partial charge in [-0.05, 0) is 55.5 Å². The van der Waals surface area contributed by atoms with E-state index >= 15 is 0 Å². The highest BCUT2D eigenvalue weighted by molar-refractivity contribution is 7.89. The third-order valence-corrected chi connectivity index (χ3v) is 8.90. The Labute approximate surface area is 202 Å². The Morgan fingerprint density at radius 1 is 1.24 bits per heavy atom. The van der Waals surface area contributed by atoms with Crippen LogP contribution in [-0.2, 0) is 14.8 Å². The summed E-state index contributed by atoms with van der Waals surface area (Å²) in [5.41, 5.74) is 2.94. The molecule has 4 rings (SSSR count). The Morgan fingerprint density at radius 3 is 2.59 bits per heavy atom. The highest BCUT2D eigenvalue weighted by Crippen LogP contribution is 2.37. The van der Waals surface area contributed by atoms with Gasteiger partial charge in [0.2, 0.25) is 15.9 Å². The predicted octanol–water partition coefficient (Wildman–Crippen LogP) is 3.30. The van der Waals surface area contributed by atoms with Gasteiger partial charge in [-0.15, -0.1) is 0 Å². The topological polar surface area (TPSA) is 87.2 Å². The van der Waals surface area contributed by atoms with E-state index in [1.165, 1.54) is 4.31 Å². The molecule has 3 atom stereocenters. The molecular weight excluding hydrogens is 452 g/mol. The third-order valence-electron chi connectivity index (χ3n) is 6.88. The number of carbonyl (C=O) groups is 1. The zero-order valence-electron chi connectivity index (χ0n) is 20.3. The van der Waals surface area contributed by atoms with Crippen molar-refractivity contribution in [3.05, 3.63) is 48.0 Å². The summed E-state index contributed by atoms with van der Waals surface area (Å²) >= 11 is 0. The van der Waals surface area contributed by atoms with Crippen molar-refractivity contribution in [3.8, 4) is 16.9 Å². The van der Waals surface area contributed by atoms with E-state index < -0.39 is 22.2 Å². The van der Waals surface area contributed by atoms with E-state index in [1.54, 1.807) is 37.1 Å². The summed E-state index contributed by atoms with van der Waals surface area (Å²) in [5.74, 6) is 0.285. The number of hydrogen-bond acceptors (Lipinski definition) is 5. The first-order chi connectivity index (χ1) is 16.1. The van der Waals surface area contributed by atoms with Crippen LogP contribution >= 0.6 is 0 Å². The quantitative estimate of drug-likeness (QED) is 0.677. The first-order valence-electron chi connectivity index (χ1n) is 11.9.